The molecule has 1 aliphatic heterocycles. The van der Waals surface area contributed by atoms with Gasteiger partial charge in [0, 0.05) is 19.2 Å². The number of amides is 3. The SMILES string of the molecule is C[C@H](NC(=O)Cc1cc(F)cc(F)c1)C(=O)N[C@H]1CCCN(Cc2ccccc2)C1=O. The molecule has 2 aromatic carbocycles. The fourth-order valence-electron chi connectivity index (χ4n) is 3.59. The predicted molar refractivity (Wildman–Crippen MR) is 111 cm³/mol. The lowest BCUT2D eigenvalue weighted by Crippen LogP contribution is -2.55. The molecule has 6 nitrogen and oxygen atoms in total. The first-order chi connectivity index (χ1) is 14.8. The van der Waals surface area contributed by atoms with Gasteiger partial charge in [0.2, 0.25) is 17.7 Å². The molecule has 0 radical (unpaired) electrons. The maximum absolute atomic E-state index is 13.3. The molecule has 164 valence electrons. The van der Waals surface area contributed by atoms with Gasteiger partial charge in [-0.3, -0.25) is 14.4 Å². The van der Waals surface area contributed by atoms with E-state index in [4.69, 9.17) is 0 Å². The van der Waals surface area contributed by atoms with Crippen molar-refractivity contribution in [1.29, 1.82) is 0 Å². The molecule has 3 amide bonds. The van der Waals surface area contributed by atoms with Crippen LogP contribution in [0.25, 0.3) is 0 Å². The van der Waals surface area contributed by atoms with Crippen LogP contribution in [-0.2, 0) is 27.3 Å². The fraction of sp³-hybridized carbons (Fsp3) is 0.348. The Labute approximate surface area is 179 Å². The van der Waals surface area contributed by atoms with Crippen LogP contribution >= 0.6 is 0 Å². The van der Waals surface area contributed by atoms with Gasteiger partial charge in [-0.2, -0.15) is 0 Å². The summed E-state index contributed by atoms with van der Waals surface area (Å²) in [4.78, 5) is 39.1. The molecule has 3 rings (SSSR count). The van der Waals surface area contributed by atoms with Gasteiger partial charge >= 0.3 is 0 Å². The Balaban J connectivity index is 1.52. The third kappa shape index (κ3) is 6.34. The second-order valence-electron chi connectivity index (χ2n) is 7.69. The number of carbonyl (C=O) groups is 3. The monoisotopic (exact) mass is 429 g/mol. The van der Waals surface area contributed by atoms with E-state index in [1.807, 2.05) is 30.3 Å². The van der Waals surface area contributed by atoms with Crippen molar-refractivity contribution in [2.24, 2.45) is 0 Å². The molecular weight excluding hydrogens is 404 g/mol. The van der Waals surface area contributed by atoms with Crippen LogP contribution in [0.1, 0.15) is 30.9 Å². The Bertz CT molecular complexity index is 932. The zero-order chi connectivity index (χ0) is 22.4. The lowest BCUT2D eigenvalue weighted by atomic mass is 10.0. The minimum atomic E-state index is -0.900. The molecule has 1 saturated heterocycles. The molecule has 8 heteroatoms. The van der Waals surface area contributed by atoms with Crippen molar-refractivity contribution in [3.05, 3.63) is 71.3 Å². The standard InChI is InChI=1S/C23H25F2N3O3/c1-15(26-21(29)12-17-10-18(24)13-19(25)11-17)22(30)27-20-8-5-9-28(23(20)31)14-16-6-3-2-4-7-16/h2-4,6-7,10-11,13,15,20H,5,8-9,12,14H2,1H3,(H,26,29)(H,27,30)/t15-,20-/m0/s1. The number of piperidine rings is 1. The van der Waals surface area contributed by atoms with Gasteiger partial charge in [0.25, 0.3) is 0 Å². The quantitative estimate of drug-likeness (QED) is 0.709. The fourth-order valence-corrected chi connectivity index (χ4v) is 3.59. The van der Waals surface area contributed by atoms with Crippen LogP contribution in [0.4, 0.5) is 8.78 Å². The summed E-state index contributed by atoms with van der Waals surface area (Å²) in [6.45, 7) is 2.59. The van der Waals surface area contributed by atoms with E-state index in [0.29, 0.717) is 19.5 Å². The minimum absolute atomic E-state index is 0.155. The summed E-state index contributed by atoms with van der Waals surface area (Å²) in [7, 11) is 0. The van der Waals surface area contributed by atoms with E-state index in [0.717, 1.165) is 30.2 Å². The van der Waals surface area contributed by atoms with Crippen molar-refractivity contribution >= 4 is 17.7 Å². The second-order valence-corrected chi connectivity index (χ2v) is 7.69. The Morgan fingerprint density at radius 2 is 1.77 bits per heavy atom. The van der Waals surface area contributed by atoms with Crippen molar-refractivity contribution in [1.82, 2.24) is 15.5 Å². The molecule has 0 unspecified atom stereocenters. The van der Waals surface area contributed by atoms with E-state index >= 15 is 0 Å². The highest BCUT2D eigenvalue weighted by atomic mass is 19.1. The van der Waals surface area contributed by atoms with Gasteiger partial charge in [-0.05, 0) is 43.0 Å². The Hall–Kier alpha value is -3.29. The molecule has 0 aromatic heterocycles. The van der Waals surface area contributed by atoms with Gasteiger partial charge in [0.15, 0.2) is 0 Å². The minimum Gasteiger partial charge on any atom is -0.344 e. The highest BCUT2D eigenvalue weighted by Gasteiger charge is 2.31. The topological polar surface area (TPSA) is 78.5 Å². The summed E-state index contributed by atoms with van der Waals surface area (Å²) in [5.41, 5.74) is 1.18. The number of nitrogens with zero attached hydrogens (tertiary/aromatic N) is 1. The van der Waals surface area contributed by atoms with E-state index in [-0.39, 0.29) is 17.9 Å². The highest BCUT2D eigenvalue weighted by Crippen LogP contribution is 2.15. The predicted octanol–water partition coefficient (Wildman–Crippen LogP) is 2.32. The number of likely N-dealkylation sites (tertiary alicyclic amines) is 1. The molecule has 2 N–H and O–H groups in total. The van der Waals surface area contributed by atoms with Gasteiger partial charge in [-0.1, -0.05) is 30.3 Å². The number of nitrogens with one attached hydrogen (secondary N) is 2. The number of benzene rings is 2. The maximum Gasteiger partial charge on any atom is 0.245 e. The van der Waals surface area contributed by atoms with E-state index in [9.17, 15) is 23.2 Å². The molecule has 2 atom stereocenters. The number of rotatable bonds is 7. The lowest BCUT2D eigenvalue weighted by molar-refractivity contribution is -0.140. The van der Waals surface area contributed by atoms with Gasteiger partial charge in [0.1, 0.15) is 23.7 Å². The molecule has 0 saturated carbocycles. The second kappa shape index (κ2) is 10.1. The number of halogens is 2. The Morgan fingerprint density at radius 3 is 2.45 bits per heavy atom. The summed E-state index contributed by atoms with van der Waals surface area (Å²) in [6.07, 6.45) is 1.02. The van der Waals surface area contributed by atoms with Crippen LogP contribution in [0.15, 0.2) is 48.5 Å². The van der Waals surface area contributed by atoms with Crippen molar-refractivity contribution in [2.45, 2.75) is 44.8 Å². The third-order valence-corrected chi connectivity index (χ3v) is 5.12. The van der Waals surface area contributed by atoms with Crippen molar-refractivity contribution in [3.63, 3.8) is 0 Å². The van der Waals surface area contributed by atoms with Crippen LogP contribution in [0.3, 0.4) is 0 Å². The van der Waals surface area contributed by atoms with E-state index in [1.165, 1.54) is 6.92 Å². The van der Waals surface area contributed by atoms with Crippen LogP contribution in [0.2, 0.25) is 0 Å². The Kier molecular flexibility index (Phi) is 7.33. The molecule has 1 aliphatic rings. The first-order valence-electron chi connectivity index (χ1n) is 10.2. The average Bonchev–Trinajstić information content (AvgIpc) is 2.70. The van der Waals surface area contributed by atoms with Crippen LogP contribution in [-0.4, -0.2) is 41.2 Å². The summed E-state index contributed by atoms with van der Waals surface area (Å²) >= 11 is 0. The van der Waals surface area contributed by atoms with Crippen LogP contribution < -0.4 is 10.6 Å². The molecule has 0 bridgehead atoms. The van der Waals surface area contributed by atoms with Crippen LogP contribution in [0, 0.1) is 11.6 Å². The van der Waals surface area contributed by atoms with Gasteiger partial charge in [-0.15, -0.1) is 0 Å². The molecule has 1 fully saturated rings. The maximum atomic E-state index is 13.3. The van der Waals surface area contributed by atoms with Crippen molar-refractivity contribution in [3.8, 4) is 0 Å². The summed E-state index contributed by atoms with van der Waals surface area (Å²) in [5.74, 6) is -2.74. The van der Waals surface area contributed by atoms with Gasteiger partial charge < -0.3 is 15.5 Å². The number of carbonyl (C=O) groups excluding carboxylic acids is 3. The number of hydrogen-bond acceptors (Lipinski definition) is 3. The lowest BCUT2D eigenvalue weighted by Gasteiger charge is -2.33. The molecule has 0 aliphatic carbocycles. The largest absolute Gasteiger partial charge is 0.344 e. The normalized spacial score (nSPS) is 17.2. The zero-order valence-corrected chi connectivity index (χ0v) is 17.2. The molecule has 0 spiro atoms. The van der Waals surface area contributed by atoms with Crippen molar-refractivity contribution in [2.75, 3.05) is 6.54 Å². The average molecular weight is 429 g/mol. The van der Waals surface area contributed by atoms with E-state index < -0.39 is 35.5 Å². The molecule has 31 heavy (non-hydrogen) atoms. The smallest absolute Gasteiger partial charge is 0.245 e. The summed E-state index contributed by atoms with van der Waals surface area (Å²) in [6, 6.07) is 10.9. The molecule has 2 aromatic rings. The van der Waals surface area contributed by atoms with Gasteiger partial charge in [0.05, 0.1) is 6.42 Å². The highest BCUT2D eigenvalue weighted by molar-refractivity contribution is 5.92. The van der Waals surface area contributed by atoms with Crippen LogP contribution in [0.5, 0.6) is 0 Å². The van der Waals surface area contributed by atoms with Gasteiger partial charge in [-0.25, -0.2) is 8.78 Å². The summed E-state index contributed by atoms with van der Waals surface area (Å²) in [5, 5.41) is 5.21. The Morgan fingerprint density at radius 1 is 1.10 bits per heavy atom. The van der Waals surface area contributed by atoms with E-state index in [2.05, 4.69) is 10.6 Å². The van der Waals surface area contributed by atoms with Crippen molar-refractivity contribution < 1.29 is 23.2 Å². The summed E-state index contributed by atoms with van der Waals surface area (Å²) < 4.78 is 26.5. The molecule has 1 heterocycles. The zero-order valence-electron chi connectivity index (χ0n) is 17.2. The first kappa shape index (κ1) is 22.4. The molecular formula is C23H25F2N3O3. The van der Waals surface area contributed by atoms with E-state index in [1.54, 1.807) is 4.90 Å². The third-order valence-electron chi connectivity index (χ3n) is 5.12. The number of hydrogen-bond donors (Lipinski definition) is 2. The first-order valence-corrected chi connectivity index (χ1v) is 10.2.